The maximum Gasteiger partial charge on any atom is 0.0561 e. The van der Waals surface area contributed by atoms with Crippen molar-refractivity contribution in [1.29, 1.82) is 0 Å². The fourth-order valence-electron chi connectivity index (χ4n) is 12.5. The fraction of sp³-hybridized carbons (Fsp3) is 0. The van der Waals surface area contributed by atoms with Gasteiger partial charge in [0.1, 0.15) is 0 Å². The molecule has 0 fully saturated rings. The van der Waals surface area contributed by atoms with E-state index >= 15 is 0 Å². The van der Waals surface area contributed by atoms with E-state index in [2.05, 4.69) is 340 Å². The molecule has 0 amide bonds. The molecule has 0 radical (unpaired) electrons. The smallest absolute Gasteiger partial charge is 0.0561 e. The molecule has 13 aromatic carbocycles. The highest BCUT2D eigenvalue weighted by Crippen LogP contribution is 2.50. The summed E-state index contributed by atoms with van der Waals surface area (Å²) in [5, 5.41) is 5.40. The number of hydrogen-bond acceptors (Lipinski definition) is 2. The molecule has 15 rings (SSSR count). The van der Waals surface area contributed by atoms with Gasteiger partial charge in [0, 0.05) is 71.6 Å². The average molecular weight is 1080 g/mol. The summed E-state index contributed by atoms with van der Waals surface area (Å²) in [7, 11) is 0. The molecule has 0 aliphatic carbocycles. The van der Waals surface area contributed by atoms with E-state index in [-0.39, 0.29) is 0 Å². The van der Waals surface area contributed by atoms with Gasteiger partial charge in [-0.2, -0.15) is 0 Å². The number of halogens is 1. The lowest BCUT2D eigenvalue weighted by molar-refractivity contribution is 1.17. The van der Waals surface area contributed by atoms with Gasteiger partial charge < -0.3 is 18.9 Å². The lowest BCUT2D eigenvalue weighted by atomic mass is 9.99. The predicted molar refractivity (Wildman–Crippen MR) is 351 cm³/mol. The van der Waals surface area contributed by atoms with Crippen molar-refractivity contribution in [3.05, 3.63) is 327 Å². The normalized spacial score (nSPS) is 11.4. The molecule has 4 nitrogen and oxygen atoms in total. The molecule has 0 N–H and O–H groups in total. The third-order valence-electron chi connectivity index (χ3n) is 16.1. The molecule has 0 bridgehead atoms. The third-order valence-corrected chi connectivity index (χ3v) is 16.4. The van der Waals surface area contributed by atoms with E-state index in [4.69, 9.17) is 11.6 Å². The second-order valence-electron chi connectivity index (χ2n) is 21.0. The largest absolute Gasteiger partial charge is 0.310 e. The molecule has 0 unspecified atom stereocenters. The van der Waals surface area contributed by atoms with Crippen molar-refractivity contribution in [2.45, 2.75) is 0 Å². The Morgan fingerprint density at radius 1 is 0.229 bits per heavy atom. The van der Waals surface area contributed by atoms with Crippen molar-refractivity contribution in [3.63, 3.8) is 0 Å². The Morgan fingerprint density at radius 3 is 0.867 bits per heavy atom. The Bertz CT molecular complexity index is 4460. The highest BCUT2D eigenvalue weighted by molar-refractivity contribution is 6.31. The Morgan fingerprint density at radius 2 is 0.518 bits per heavy atom. The number of nitrogens with zero attached hydrogens (tertiary/aromatic N) is 4. The summed E-state index contributed by atoms with van der Waals surface area (Å²) >= 11 is 7.74. The molecule has 15 aromatic rings. The first kappa shape index (κ1) is 49.4. The Kier molecular flexibility index (Phi) is 12.6. The van der Waals surface area contributed by atoms with Gasteiger partial charge >= 0.3 is 0 Å². The molecule has 0 atom stereocenters. The minimum atomic E-state index is 0.592. The zero-order valence-electron chi connectivity index (χ0n) is 45.3. The standard InChI is InChI=1S/C78H53ClN4/c79-58-49-61(80(71-39-19-13-33-63(71)54-25-5-1-6-26-54)59-45-47-65(56-29-9-3-10-30-56)77(52-59)82-73-41-21-15-35-67(73)68-36-16-22-42-74(68)82)51-62(50-58)81(72-40-20-14-34-64(72)55-27-7-2-8-28-55)60-46-48-66(57-31-11-4-12-32-57)78(53-60)83-75-43-23-17-37-69(75)70-38-18-24-44-76(70)83/h1-53H. The van der Waals surface area contributed by atoms with E-state index in [0.717, 1.165) is 112 Å². The number of hydrogen-bond donors (Lipinski definition) is 0. The number of para-hydroxylation sites is 6. The van der Waals surface area contributed by atoms with Crippen LogP contribution in [0, 0.1) is 0 Å². The van der Waals surface area contributed by atoms with Crippen LogP contribution in [0.3, 0.4) is 0 Å². The summed E-state index contributed by atoms with van der Waals surface area (Å²) in [6.45, 7) is 0. The highest BCUT2D eigenvalue weighted by Gasteiger charge is 2.26. The molecule has 83 heavy (non-hydrogen) atoms. The van der Waals surface area contributed by atoms with Gasteiger partial charge in [-0.05, 0) is 101 Å². The zero-order chi connectivity index (χ0) is 55.2. The van der Waals surface area contributed by atoms with E-state index < -0.39 is 0 Å². The second-order valence-corrected chi connectivity index (χ2v) is 21.4. The number of aromatic nitrogens is 2. The van der Waals surface area contributed by atoms with E-state index in [9.17, 15) is 0 Å². The zero-order valence-corrected chi connectivity index (χ0v) is 46.0. The predicted octanol–water partition coefficient (Wildman–Crippen LogP) is 22.1. The summed E-state index contributed by atoms with van der Waals surface area (Å²) in [6.07, 6.45) is 0. The first-order chi connectivity index (χ1) is 41.1. The molecule has 0 aliphatic heterocycles. The Hall–Kier alpha value is -10.7. The SMILES string of the molecule is Clc1cc(N(c2ccc(-c3ccccc3)c(-n3c4ccccc4c4ccccc43)c2)c2ccccc2-c2ccccc2)cc(N(c2ccc(-c3ccccc3)c(-n3c4ccccc4c4ccccc43)c2)c2ccccc2-c2ccccc2)c1. The first-order valence-electron chi connectivity index (χ1n) is 28.2. The van der Waals surface area contributed by atoms with Crippen LogP contribution in [-0.4, -0.2) is 9.13 Å². The molecule has 5 heteroatoms. The van der Waals surface area contributed by atoms with Gasteiger partial charge in [-0.1, -0.05) is 254 Å². The van der Waals surface area contributed by atoms with Gasteiger partial charge in [-0.3, -0.25) is 0 Å². The topological polar surface area (TPSA) is 16.3 Å². The molecule has 0 saturated heterocycles. The van der Waals surface area contributed by atoms with Crippen LogP contribution in [0.1, 0.15) is 0 Å². The second kappa shape index (κ2) is 21.1. The number of fused-ring (bicyclic) bond motifs is 6. The third kappa shape index (κ3) is 8.81. The van der Waals surface area contributed by atoms with E-state index in [0.29, 0.717) is 5.02 Å². The van der Waals surface area contributed by atoms with Gasteiger partial charge in [-0.15, -0.1) is 0 Å². The van der Waals surface area contributed by atoms with Crippen LogP contribution in [0.4, 0.5) is 34.1 Å². The minimum Gasteiger partial charge on any atom is -0.310 e. The average Bonchev–Trinajstić information content (AvgIpc) is 4.16. The van der Waals surface area contributed by atoms with Gasteiger partial charge in [-0.25, -0.2) is 0 Å². The molecule has 0 aliphatic rings. The maximum atomic E-state index is 7.74. The quantitative estimate of drug-likeness (QED) is 0.121. The van der Waals surface area contributed by atoms with Crippen LogP contribution in [0.5, 0.6) is 0 Å². The summed E-state index contributed by atoms with van der Waals surface area (Å²) in [6, 6.07) is 116. The van der Waals surface area contributed by atoms with E-state index in [1.165, 1.54) is 21.5 Å². The van der Waals surface area contributed by atoms with Gasteiger partial charge in [0.15, 0.2) is 0 Å². The van der Waals surface area contributed by atoms with Crippen LogP contribution < -0.4 is 9.80 Å². The Balaban J connectivity index is 1.01. The fourth-order valence-corrected chi connectivity index (χ4v) is 12.7. The Labute approximate surface area is 487 Å². The van der Waals surface area contributed by atoms with Gasteiger partial charge in [0.25, 0.3) is 0 Å². The lowest BCUT2D eigenvalue weighted by Gasteiger charge is -2.32. The molecule has 0 spiro atoms. The van der Waals surface area contributed by atoms with E-state index in [1.807, 2.05) is 0 Å². The van der Waals surface area contributed by atoms with Crippen molar-refractivity contribution in [1.82, 2.24) is 9.13 Å². The molecule has 392 valence electrons. The van der Waals surface area contributed by atoms with E-state index in [1.54, 1.807) is 0 Å². The van der Waals surface area contributed by atoms with Crippen LogP contribution in [-0.2, 0) is 0 Å². The summed E-state index contributed by atoms with van der Waals surface area (Å²) in [5.74, 6) is 0. The van der Waals surface area contributed by atoms with Crippen LogP contribution >= 0.6 is 11.6 Å². The van der Waals surface area contributed by atoms with Crippen molar-refractivity contribution >= 4 is 89.3 Å². The van der Waals surface area contributed by atoms with Crippen molar-refractivity contribution in [2.75, 3.05) is 9.80 Å². The summed E-state index contributed by atoms with van der Waals surface area (Å²) in [5.41, 5.74) is 21.2. The molecule has 2 heterocycles. The van der Waals surface area contributed by atoms with Crippen molar-refractivity contribution in [2.24, 2.45) is 0 Å². The lowest BCUT2D eigenvalue weighted by Crippen LogP contribution is -2.15. The number of rotatable bonds is 12. The number of anilines is 6. The molecular formula is C78H53ClN4. The van der Waals surface area contributed by atoms with Crippen LogP contribution in [0.2, 0.25) is 5.02 Å². The first-order valence-corrected chi connectivity index (χ1v) is 28.6. The summed E-state index contributed by atoms with van der Waals surface area (Å²) < 4.78 is 4.88. The summed E-state index contributed by atoms with van der Waals surface area (Å²) in [4.78, 5) is 4.79. The monoisotopic (exact) mass is 1080 g/mol. The molecular weight excluding hydrogens is 1030 g/mol. The number of benzene rings is 13. The van der Waals surface area contributed by atoms with Crippen LogP contribution in [0.25, 0.3) is 99.5 Å². The van der Waals surface area contributed by atoms with Crippen molar-refractivity contribution in [3.8, 4) is 55.9 Å². The van der Waals surface area contributed by atoms with Gasteiger partial charge in [0.2, 0.25) is 0 Å². The minimum absolute atomic E-state index is 0.592. The molecule has 2 aromatic heterocycles. The van der Waals surface area contributed by atoms with Crippen molar-refractivity contribution < 1.29 is 0 Å². The van der Waals surface area contributed by atoms with Gasteiger partial charge in [0.05, 0.1) is 44.8 Å². The maximum absolute atomic E-state index is 7.74. The van der Waals surface area contributed by atoms with Crippen LogP contribution in [0.15, 0.2) is 322 Å². The highest BCUT2D eigenvalue weighted by atomic mass is 35.5. The molecule has 0 saturated carbocycles.